The monoisotopic (exact) mass is 184 g/mol. The first-order chi connectivity index (χ1) is 6.22. The Morgan fingerprint density at radius 1 is 1.23 bits per heavy atom. The third kappa shape index (κ3) is 3.35. The van der Waals surface area contributed by atoms with Gasteiger partial charge in [-0.15, -0.1) is 0 Å². The molecule has 1 N–H and O–H groups in total. The molecular weight excluding hydrogens is 164 g/mol. The van der Waals surface area contributed by atoms with Crippen molar-refractivity contribution in [2.24, 2.45) is 5.92 Å². The molecule has 0 atom stereocenters. The fourth-order valence-electron chi connectivity index (χ4n) is 1.59. The lowest BCUT2D eigenvalue weighted by Gasteiger charge is -2.26. The molecule has 0 bridgehead atoms. The third-order valence-electron chi connectivity index (χ3n) is 2.40. The van der Waals surface area contributed by atoms with Crippen molar-refractivity contribution >= 4 is 5.91 Å². The predicted octanol–water partition coefficient (Wildman–Crippen LogP) is 0.854. The number of rotatable bonds is 1. The minimum Gasteiger partial charge on any atom is -0.341 e. The Balaban J connectivity index is 2.41. The lowest BCUT2D eigenvalue weighted by Crippen LogP contribution is -2.41. The summed E-state index contributed by atoms with van der Waals surface area (Å²) >= 11 is 0. The maximum atomic E-state index is 11.7. The predicted molar refractivity (Wildman–Crippen MR) is 53.5 cm³/mol. The van der Waals surface area contributed by atoms with Gasteiger partial charge in [-0.25, -0.2) is 0 Å². The van der Waals surface area contributed by atoms with Crippen molar-refractivity contribution in [1.29, 1.82) is 0 Å². The zero-order chi connectivity index (χ0) is 9.68. The maximum absolute atomic E-state index is 11.7. The second-order valence-corrected chi connectivity index (χ2v) is 3.94. The van der Waals surface area contributed by atoms with E-state index in [2.05, 4.69) is 5.32 Å². The molecule has 0 saturated carbocycles. The number of hydrogen-bond donors (Lipinski definition) is 1. The highest BCUT2D eigenvalue weighted by Gasteiger charge is 2.16. The highest BCUT2D eigenvalue weighted by molar-refractivity contribution is 5.78. The van der Waals surface area contributed by atoms with Crippen molar-refractivity contribution in [3.8, 4) is 0 Å². The summed E-state index contributed by atoms with van der Waals surface area (Å²) in [5.41, 5.74) is 0. The van der Waals surface area contributed by atoms with E-state index in [1.807, 2.05) is 18.7 Å². The zero-order valence-electron chi connectivity index (χ0n) is 8.68. The van der Waals surface area contributed by atoms with E-state index in [0.717, 1.165) is 32.6 Å². The van der Waals surface area contributed by atoms with Crippen LogP contribution in [0.15, 0.2) is 0 Å². The molecule has 13 heavy (non-hydrogen) atoms. The number of amides is 1. The van der Waals surface area contributed by atoms with Crippen LogP contribution in [0.1, 0.15) is 26.7 Å². The fraction of sp³-hybridized carbons (Fsp3) is 0.900. The summed E-state index contributed by atoms with van der Waals surface area (Å²) in [6.45, 7) is 7.79. The minimum absolute atomic E-state index is 0.138. The zero-order valence-corrected chi connectivity index (χ0v) is 8.68. The molecule has 1 amide bonds. The van der Waals surface area contributed by atoms with Gasteiger partial charge in [-0.05, 0) is 19.4 Å². The number of carbonyl (C=O) groups is 1. The van der Waals surface area contributed by atoms with Crippen molar-refractivity contribution < 1.29 is 4.79 Å². The van der Waals surface area contributed by atoms with Crippen LogP contribution in [0.3, 0.4) is 0 Å². The van der Waals surface area contributed by atoms with Crippen LogP contribution in [0.25, 0.3) is 0 Å². The molecule has 1 rings (SSSR count). The van der Waals surface area contributed by atoms with Crippen LogP contribution in [0, 0.1) is 5.92 Å². The smallest absolute Gasteiger partial charge is 0.225 e. The second kappa shape index (κ2) is 5.22. The normalized spacial score (nSPS) is 19.8. The summed E-state index contributed by atoms with van der Waals surface area (Å²) in [5.74, 6) is 0.433. The molecule has 0 aromatic rings. The largest absolute Gasteiger partial charge is 0.341 e. The minimum atomic E-state index is 0.138. The van der Waals surface area contributed by atoms with Gasteiger partial charge in [-0.2, -0.15) is 0 Å². The van der Waals surface area contributed by atoms with E-state index in [1.165, 1.54) is 6.42 Å². The van der Waals surface area contributed by atoms with Gasteiger partial charge in [-0.3, -0.25) is 4.79 Å². The molecule has 1 aliphatic heterocycles. The maximum Gasteiger partial charge on any atom is 0.225 e. The number of nitrogens with zero attached hydrogens (tertiary/aromatic N) is 1. The first kappa shape index (κ1) is 10.5. The molecule has 1 saturated heterocycles. The van der Waals surface area contributed by atoms with Gasteiger partial charge in [0.1, 0.15) is 0 Å². The van der Waals surface area contributed by atoms with Crippen molar-refractivity contribution in [3.63, 3.8) is 0 Å². The highest BCUT2D eigenvalue weighted by Crippen LogP contribution is 2.04. The van der Waals surface area contributed by atoms with Crippen molar-refractivity contribution in [3.05, 3.63) is 0 Å². The molecular formula is C10H20N2O. The topological polar surface area (TPSA) is 32.3 Å². The van der Waals surface area contributed by atoms with E-state index in [4.69, 9.17) is 0 Å². The summed E-state index contributed by atoms with van der Waals surface area (Å²) in [6, 6.07) is 0. The van der Waals surface area contributed by atoms with Crippen LogP contribution < -0.4 is 5.32 Å². The molecule has 1 heterocycles. The van der Waals surface area contributed by atoms with Crippen LogP contribution >= 0.6 is 0 Å². The van der Waals surface area contributed by atoms with E-state index in [-0.39, 0.29) is 5.92 Å². The lowest BCUT2D eigenvalue weighted by molar-refractivity contribution is -0.134. The quantitative estimate of drug-likeness (QED) is 0.655. The van der Waals surface area contributed by atoms with Crippen LogP contribution in [-0.4, -0.2) is 37.0 Å². The number of hydrogen-bond acceptors (Lipinski definition) is 2. The Morgan fingerprint density at radius 2 is 2.00 bits per heavy atom. The molecule has 3 heteroatoms. The summed E-state index contributed by atoms with van der Waals surface area (Å²) in [4.78, 5) is 13.6. The molecule has 1 aliphatic rings. The van der Waals surface area contributed by atoms with Gasteiger partial charge in [0, 0.05) is 25.6 Å². The van der Waals surface area contributed by atoms with Crippen LogP contribution in [-0.2, 0) is 4.79 Å². The molecule has 1 fully saturated rings. The van der Waals surface area contributed by atoms with Crippen LogP contribution in [0.4, 0.5) is 0 Å². The van der Waals surface area contributed by atoms with E-state index in [0.29, 0.717) is 5.91 Å². The molecule has 76 valence electrons. The van der Waals surface area contributed by atoms with E-state index in [1.54, 1.807) is 0 Å². The fourth-order valence-corrected chi connectivity index (χ4v) is 1.59. The first-order valence-electron chi connectivity index (χ1n) is 5.21. The average Bonchev–Trinajstić information content (AvgIpc) is 2.02. The Hall–Kier alpha value is -0.570. The Labute approximate surface area is 80.5 Å². The molecule has 0 radical (unpaired) electrons. The van der Waals surface area contributed by atoms with Gasteiger partial charge >= 0.3 is 0 Å². The molecule has 3 nitrogen and oxygen atoms in total. The number of carbonyl (C=O) groups excluding carboxylic acids is 1. The van der Waals surface area contributed by atoms with Crippen LogP contribution in [0.2, 0.25) is 0 Å². The van der Waals surface area contributed by atoms with Gasteiger partial charge < -0.3 is 10.2 Å². The average molecular weight is 184 g/mol. The Morgan fingerprint density at radius 3 is 2.69 bits per heavy atom. The van der Waals surface area contributed by atoms with E-state index < -0.39 is 0 Å². The Bertz CT molecular complexity index is 160. The molecule has 0 aliphatic carbocycles. The van der Waals surface area contributed by atoms with Crippen molar-refractivity contribution in [2.45, 2.75) is 26.7 Å². The van der Waals surface area contributed by atoms with Crippen molar-refractivity contribution in [2.75, 3.05) is 26.2 Å². The van der Waals surface area contributed by atoms with Crippen molar-refractivity contribution in [1.82, 2.24) is 10.2 Å². The van der Waals surface area contributed by atoms with Gasteiger partial charge in [0.2, 0.25) is 5.91 Å². The molecule has 0 aromatic heterocycles. The molecule has 0 spiro atoms. The van der Waals surface area contributed by atoms with Gasteiger partial charge in [-0.1, -0.05) is 13.8 Å². The summed E-state index contributed by atoms with van der Waals surface area (Å²) in [6.07, 6.45) is 2.31. The SMILES string of the molecule is CC(C)C(=O)N1CCCCNCC1. The second-order valence-electron chi connectivity index (χ2n) is 3.94. The summed E-state index contributed by atoms with van der Waals surface area (Å²) in [7, 11) is 0. The van der Waals surface area contributed by atoms with Gasteiger partial charge in [0.25, 0.3) is 0 Å². The Kier molecular flexibility index (Phi) is 4.22. The van der Waals surface area contributed by atoms with E-state index in [9.17, 15) is 4.79 Å². The first-order valence-corrected chi connectivity index (χ1v) is 5.21. The summed E-state index contributed by atoms with van der Waals surface area (Å²) in [5, 5.41) is 3.32. The molecule has 0 unspecified atom stereocenters. The molecule has 0 aromatic carbocycles. The highest BCUT2D eigenvalue weighted by atomic mass is 16.2. The van der Waals surface area contributed by atoms with Gasteiger partial charge in [0.05, 0.1) is 0 Å². The van der Waals surface area contributed by atoms with E-state index >= 15 is 0 Å². The lowest BCUT2D eigenvalue weighted by atomic mass is 10.1. The van der Waals surface area contributed by atoms with Gasteiger partial charge in [0.15, 0.2) is 0 Å². The number of nitrogens with one attached hydrogen (secondary N) is 1. The summed E-state index contributed by atoms with van der Waals surface area (Å²) < 4.78 is 0. The van der Waals surface area contributed by atoms with Crippen LogP contribution in [0.5, 0.6) is 0 Å². The third-order valence-corrected chi connectivity index (χ3v) is 2.40. The standard InChI is InChI=1S/C10H20N2O/c1-9(2)10(13)12-7-4-3-5-11-6-8-12/h9,11H,3-8H2,1-2H3.